The zero-order valence-corrected chi connectivity index (χ0v) is 8.40. The number of hydrogen-bond acceptors (Lipinski definition) is 2. The molecule has 0 saturated heterocycles. The summed E-state index contributed by atoms with van der Waals surface area (Å²) < 4.78 is 0. The highest BCUT2D eigenvalue weighted by atomic mass is 35.5. The van der Waals surface area contributed by atoms with E-state index in [0.29, 0.717) is 17.5 Å². The van der Waals surface area contributed by atoms with Crippen LogP contribution in [-0.2, 0) is 0 Å². The summed E-state index contributed by atoms with van der Waals surface area (Å²) in [5.41, 5.74) is 0. The van der Waals surface area contributed by atoms with Crippen molar-refractivity contribution in [2.75, 3.05) is 19.7 Å². The maximum atomic E-state index is 8.72. The standard InChI is InChI=1S/C9H18ClNO/c1-8(7-12)4-3-5-11-6-9(2)10/h8,11-12H,2-7H2,1H3. The van der Waals surface area contributed by atoms with Gasteiger partial charge in [-0.05, 0) is 25.3 Å². The van der Waals surface area contributed by atoms with Crippen LogP contribution in [0.3, 0.4) is 0 Å². The van der Waals surface area contributed by atoms with E-state index in [0.717, 1.165) is 19.4 Å². The lowest BCUT2D eigenvalue weighted by Crippen LogP contribution is -2.17. The van der Waals surface area contributed by atoms with Gasteiger partial charge in [0.2, 0.25) is 0 Å². The third-order valence-electron chi connectivity index (χ3n) is 1.68. The first kappa shape index (κ1) is 11.9. The lowest BCUT2D eigenvalue weighted by Gasteiger charge is -2.07. The Morgan fingerprint density at radius 3 is 2.83 bits per heavy atom. The van der Waals surface area contributed by atoms with Crippen LogP contribution in [0.1, 0.15) is 19.8 Å². The number of rotatable bonds is 7. The third-order valence-corrected chi connectivity index (χ3v) is 1.81. The van der Waals surface area contributed by atoms with Crippen LogP contribution in [0.15, 0.2) is 11.6 Å². The van der Waals surface area contributed by atoms with Crippen molar-refractivity contribution >= 4 is 11.6 Å². The molecule has 1 unspecified atom stereocenters. The fourth-order valence-electron chi connectivity index (χ4n) is 0.891. The van der Waals surface area contributed by atoms with Gasteiger partial charge in [0, 0.05) is 18.2 Å². The van der Waals surface area contributed by atoms with Crippen LogP contribution in [0.25, 0.3) is 0 Å². The lowest BCUT2D eigenvalue weighted by molar-refractivity contribution is 0.228. The van der Waals surface area contributed by atoms with E-state index >= 15 is 0 Å². The van der Waals surface area contributed by atoms with E-state index in [2.05, 4.69) is 11.9 Å². The summed E-state index contributed by atoms with van der Waals surface area (Å²) in [6, 6.07) is 0. The molecular weight excluding hydrogens is 174 g/mol. The molecule has 0 spiro atoms. The Balaban J connectivity index is 3.05. The largest absolute Gasteiger partial charge is 0.396 e. The van der Waals surface area contributed by atoms with Crippen LogP contribution < -0.4 is 5.32 Å². The van der Waals surface area contributed by atoms with Crippen molar-refractivity contribution in [2.24, 2.45) is 5.92 Å². The Bertz CT molecular complexity index is 128. The van der Waals surface area contributed by atoms with Crippen molar-refractivity contribution in [3.8, 4) is 0 Å². The molecule has 72 valence electrons. The Morgan fingerprint density at radius 1 is 1.67 bits per heavy atom. The van der Waals surface area contributed by atoms with Gasteiger partial charge < -0.3 is 10.4 Å². The fraction of sp³-hybridized carbons (Fsp3) is 0.778. The molecule has 2 N–H and O–H groups in total. The number of aliphatic hydroxyl groups is 1. The van der Waals surface area contributed by atoms with Gasteiger partial charge >= 0.3 is 0 Å². The van der Waals surface area contributed by atoms with Crippen LogP contribution in [0.2, 0.25) is 0 Å². The molecule has 0 rings (SSSR count). The van der Waals surface area contributed by atoms with Crippen molar-refractivity contribution in [2.45, 2.75) is 19.8 Å². The van der Waals surface area contributed by atoms with E-state index in [9.17, 15) is 0 Å². The molecule has 0 aliphatic carbocycles. The first-order chi connectivity index (χ1) is 5.66. The van der Waals surface area contributed by atoms with Crippen LogP contribution >= 0.6 is 11.6 Å². The minimum absolute atomic E-state index is 0.280. The summed E-state index contributed by atoms with van der Waals surface area (Å²) in [4.78, 5) is 0. The molecular formula is C9H18ClNO. The smallest absolute Gasteiger partial charge is 0.0456 e. The number of aliphatic hydroxyl groups excluding tert-OH is 1. The average Bonchev–Trinajstić information content (AvgIpc) is 2.03. The van der Waals surface area contributed by atoms with Crippen LogP contribution in [0, 0.1) is 5.92 Å². The van der Waals surface area contributed by atoms with Crippen molar-refractivity contribution < 1.29 is 5.11 Å². The zero-order valence-electron chi connectivity index (χ0n) is 7.65. The van der Waals surface area contributed by atoms with Crippen LogP contribution in [0.5, 0.6) is 0 Å². The molecule has 0 aromatic rings. The van der Waals surface area contributed by atoms with Gasteiger partial charge in [-0.1, -0.05) is 25.1 Å². The number of nitrogens with one attached hydrogen (secondary N) is 1. The highest BCUT2D eigenvalue weighted by molar-refractivity contribution is 6.29. The lowest BCUT2D eigenvalue weighted by atomic mass is 10.1. The molecule has 0 aromatic carbocycles. The van der Waals surface area contributed by atoms with E-state index in [1.807, 2.05) is 6.92 Å². The molecule has 0 aliphatic rings. The summed E-state index contributed by atoms with van der Waals surface area (Å²) in [6.07, 6.45) is 2.13. The normalized spacial score (nSPS) is 12.9. The monoisotopic (exact) mass is 191 g/mol. The zero-order chi connectivity index (χ0) is 9.40. The number of halogens is 1. The Kier molecular flexibility index (Phi) is 7.56. The predicted molar refractivity (Wildman–Crippen MR) is 53.3 cm³/mol. The summed E-state index contributed by atoms with van der Waals surface area (Å²) >= 11 is 5.55. The quantitative estimate of drug-likeness (QED) is 0.601. The average molecular weight is 192 g/mol. The maximum absolute atomic E-state index is 8.72. The van der Waals surface area contributed by atoms with E-state index < -0.39 is 0 Å². The molecule has 0 aliphatic heterocycles. The Hall–Kier alpha value is -0.0500. The molecule has 0 bridgehead atoms. The second kappa shape index (κ2) is 7.59. The molecule has 0 saturated carbocycles. The van der Waals surface area contributed by atoms with Gasteiger partial charge in [0.05, 0.1) is 0 Å². The SMILES string of the molecule is C=C(Cl)CNCCCC(C)CO. The molecule has 2 nitrogen and oxygen atoms in total. The van der Waals surface area contributed by atoms with Gasteiger partial charge in [-0.2, -0.15) is 0 Å². The molecule has 0 amide bonds. The van der Waals surface area contributed by atoms with Crippen molar-refractivity contribution in [3.63, 3.8) is 0 Å². The number of hydrogen-bond donors (Lipinski definition) is 2. The maximum Gasteiger partial charge on any atom is 0.0456 e. The molecule has 3 heteroatoms. The summed E-state index contributed by atoms with van der Waals surface area (Å²) in [5.74, 6) is 0.408. The van der Waals surface area contributed by atoms with E-state index in [-0.39, 0.29) is 6.61 Å². The van der Waals surface area contributed by atoms with Crippen LogP contribution in [-0.4, -0.2) is 24.8 Å². The van der Waals surface area contributed by atoms with Gasteiger partial charge in [0.1, 0.15) is 0 Å². The molecule has 12 heavy (non-hydrogen) atoms. The predicted octanol–water partition coefficient (Wildman–Crippen LogP) is 1.74. The first-order valence-corrected chi connectivity index (χ1v) is 4.69. The Labute approximate surface area is 79.6 Å². The second-order valence-electron chi connectivity index (χ2n) is 3.12. The molecule has 0 radical (unpaired) electrons. The highest BCUT2D eigenvalue weighted by Gasteiger charge is 1.98. The van der Waals surface area contributed by atoms with E-state index in [1.54, 1.807) is 0 Å². The molecule has 0 heterocycles. The van der Waals surface area contributed by atoms with E-state index in [4.69, 9.17) is 16.7 Å². The van der Waals surface area contributed by atoms with Gasteiger partial charge in [-0.25, -0.2) is 0 Å². The summed E-state index contributed by atoms with van der Waals surface area (Å²) in [5, 5.41) is 12.5. The topological polar surface area (TPSA) is 32.3 Å². The third kappa shape index (κ3) is 8.05. The first-order valence-electron chi connectivity index (χ1n) is 4.31. The second-order valence-corrected chi connectivity index (χ2v) is 3.66. The van der Waals surface area contributed by atoms with Gasteiger partial charge in [0.25, 0.3) is 0 Å². The van der Waals surface area contributed by atoms with Crippen molar-refractivity contribution in [1.29, 1.82) is 0 Å². The van der Waals surface area contributed by atoms with Crippen molar-refractivity contribution in [1.82, 2.24) is 5.32 Å². The van der Waals surface area contributed by atoms with Crippen LogP contribution in [0.4, 0.5) is 0 Å². The summed E-state index contributed by atoms with van der Waals surface area (Å²) in [6.45, 7) is 7.51. The fourth-order valence-corrected chi connectivity index (χ4v) is 0.985. The Morgan fingerprint density at radius 2 is 2.33 bits per heavy atom. The minimum Gasteiger partial charge on any atom is -0.396 e. The molecule has 0 aromatic heterocycles. The minimum atomic E-state index is 0.280. The van der Waals surface area contributed by atoms with Gasteiger partial charge in [-0.15, -0.1) is 0 Å². The highest BCUT2D eigenvalue weighted by Crippen LogP contribution is 2.02. The van der Waals surface area contributed by atoms with Gasteiger partial charge in [-0.3, -0.25) is 0 Å². The van der Waals surface area contributed by atoms with Gasteiger partial charge in [0.15, 0.2) is 0 Å². The van der Waals surface area contributed by atoms with E-state index in [1.165, 1.54) is 0 Å². The molecule has 1 atom stereocenters. The molecule has 0 fully saturated rings. The van der Waals surface area contributed by atoms with Crippen molar-refractivity contribution in [3.05, 3.63) is 11.6 Å². The summed E-state index contributed by atoms with van der Waals surface area (Å²) in [7, 11) is 0.